The summed E-state index contributed by atoms with van der Waals surface area (Å²) in [5.41, 5.74) is 2.68. The minimum absolute atomic E-state index is 0.532. The van der Waals surface area contributed by atoms with Gasteiger partial charge in [-0.15, -0.1) is 0 Å². The summed E-state index contributed by atoms with van der Waals surface area (Å²) >= 11 is 0. The lowest BCUT2D eigenvalue weighted by Gasteiger charge is -2.18. The summed E-state index contributed by atoms with van der Waals surface area (Å²) in [6, 6.07) is 7.58. The summed E-state index contributed by atoms with van der Waals surface area (Å²) in [6.45, 7) is 8.35. The Hall–Kier alpha value is -2.04. The van der Waals surface area contributed by atoms with E-state index in [1.54, 1.807) is 27.0 Å². The fraction of sp³-hybridized carbons (Fsp3) is 0.556. The molecule has 0 unspecified atom stereocenters. The Bertz CT molecular complexity index is 490. The van der Waals surface area contributed by atoms with Gasteiger partial charge < -0.3 is 9.47 Å². The minimum atomic E-state index is -0.569. The molecule has 0 aromatic heterocycles. The maximum absolute atomic E-state index is 11.4. The molecule has 0 saturated heterocycles. The molecule has 5 heteroatoms. The lowest BCUT2D eigenvalue weighted by atomic mass is 10.2. The van der Waals surface area contributed by atoms with E-state index in [0.717, 1.165) is 24.3 Å². The van der Waals surface area contributed by atoms with Crippen LogP contribution in [0.3, 0.4) is 0 Å². The van der Waals surface area contributed by atoms with Gasteiger partial charge >= 0.3 is 6.09 Å². The average molecular weight is 320 g/mol. The van der Waals surface area contributed by atoms with E-state index in [-0.39, 0.29) is 0 Å². The largest absolute Gasteiger partial charge is 0.494 e. The van der Waals surface area contributed by atoms with Gasteiger partial charge in [-0.05, 0) is 57.0 Å². The van der Waals surface area contributed by atoms with Crippen molar-refractivity contribution in [3.05, 3.63) is 29.8 Å². The quantitative estimate of drug-likeness (QED) is 0.436. The molecule has 0 heterocycles. The zero-order valence-corrected chi connectivity index (χ0v) is 14.6. The summed E-state index contributed by atoms with van der Waals surface area (Å²) in [5.74, 6) is 0.846. The topological polar surface area (TPSA) is 59.9 Å². The van der Waals surface area contributed by atoms with Crippen LogP contribution in [0, 0.1) is 0 Å². The van der Waals surface area contributed by atoms with Gasteiger partial charge in [0.05, 0.1) is 12.8 Å². The molecule has 1 N–H and O–H groups in total. The highest BCUT2D eigenvalue weighted by atomic mass is 16.6. The maximum Gasteiger partial charge on any atom is 0.428 e. The zero-order valence-electron chi connectivity index (χ0n) is 14.6. The molecule has 1 amide bonds. The van der Waals surface area contributed by atoms with E-state index in [1.165, 1.54) is 19.3 Å². The van der Waals surface area contributed by atoms with Crippen LogP contribution in [0.4, 0.5) is 4.79 Å². The van der Waals surface area contributed by atoms with Crippen LogP contribution in [0.15, 0.2) is 29.4 Å². The van der Waals surface area contributed by atoms with E-state index in [1.807, 2.05) is 24.3 Å². The second-order valence-corrected chi connectivity index (χ2v) is 6.35. The highest BCUT2D eigenvalue weighted by Crippen LogP contribution is 2.12. The van der Waals surface area contributed by atoms with Crippen LogP contribution in [0.25, 0.3) is 0 Å². The number of hydrogen-bond acceptors (Lipinski definition) is 4. The number of unbranched alkanes of at least 4 members (excludes halogenated alkanes) is 3. The molecule has 0 fully saturated rings. The van der Waals surface area contributed by atoms with Crippen LogP contribution >= 0.6 is 0 Å². The molecule has 0 radical (unpaired) electrons. The van der Waals surface area contributed by atoms with Crippen LogP contribution < -0.4 is 10.2 Å². The number of nitrogens with zero attached hydrogens (tertiary/aromatic N) is 1. The Kier molecular flexibility index (Phi) is 8.16. The fourth-order valence-corrected chi connectivity index (χ4v) is 1.83. The zero-order chi connectivity index (χ0) is 17.1. The van der Waals surface area contributed by atoms with Crippen LogP contribution in [0.1, 0.15) is 58.9 Å². The van der Waals surface area contributed by atoms with Crippen molar-refractivity contribution in [1.82, 2.24) is 5.43 Å². The molecule has 0 bridgehead atoms. The Morgan fingerprint density at radius 1 is 1.17 bits per heavy atom. The molecule has 1 aromatic rings. The molecule has 0 atom stereocenters. The van der Waals surface area contributed by atoms with Gasteiger partial charge in [0.15, 0.2) is 0 Å². The van der Waals surface area contributed by atoms with Crippen LogP contribution in [0.2, 0.25) is 0 Å². The van der Waals surface area contributed by atoms with Crippen LogP contribution in [-0.4, -0.2) is 24.5 Å². The first-order valence-corrected chi connectivity index (χ1v) is 8.15. The van der Waals surface area contributed by atoms with Gasteiger partial charge in [0, 0.05) is 0 Å². The van der Waals surface area contributed by atoms with Gasteiger partial charge in [-0.25, -0.2) is 10.2 Å². The summed E-state index contributed by atoms with van der Waals surface area (Å²) in [5, 5.41) is 3.86. The molecule has 0 spiro atoms. The Labute approximate surface area is 139 Å². The number of nitrogens with one attached hydrogen (secondary N) is 1. The van der Waals surface area contributed by atoms with E-state index in [0.29, 0.717) is 0 Å². The smallest absolute Gasteiger partial charge is 0.428 e. The third-order valence-electron chi connectivity index (χ3n) is 2.92. The standard InChI is InChI=1S/C18H28N2O3/c1-5-6-7-8-13-22-16-11-9-15(10-12-16)14-19-20-17(21)23-18(2,3)4/h9-12,14H,5-8,13H2,1-4H3,(H,20,21)/b19-14-. The van der Waals surface area contributed by atoms with E-state index in [9.17, 15) is 4.79 Å². The first-order chi connectivity index (χ1) is 10.9. The number of amides is 1. The Morgan fingerprint density at radius 3 is 2.48 bits per heavy atom. The SMILES string of the molecule is CCCCCCOc1ccc(/C=N\NC(=O)OC(C)(C)C)cc1. The molecule has 5 nitrogen and oxygen atoms in total. The number of carbonyl (C=O) groups excluding carboxylic acids is 1. The van der Waals surface area contributed by atoms with Crippen LogP contribution in [0.5, 0.6) is 5.75 Å². The number of ether oxygens (including phenoxy) is 2. The van der Waals surface area contributed by atoms with Crippen molar-refractivity contribution in [3.8, 4) is 5.75 Å². The molecule has 128 valence electrons. The van der Waals surface area contributed by atoms with E-state index in [2.05, 4.69) is 17.5 Å². The lowest BCUT2D eigenvalue weighted by molar-refractivity contribution is 0.0529. The minimum Gasteiger partial charge on any atom is -0.494 e. The summed E-state index contributed by atoms with van der Waals surface area (Å²) in [4.78, 5) is 11.4. The third kappa shape index (κ3) is 9.55. The molecular weight excluding hydrogens is 292 g/mol. The number of hydrogen-bond donors (Lipinski definition) is 1. The second-order valence-electron chi connectivity index (χ2n) is 6.35. The molecule has 23 heavy (non-hydrogen) atoms. The first kappa shape index (κ1) is 19.0. The predicted octanol–water partition coefficient (Wildman–Crippen LogP) is 4.50. The number of carbonyl (C=O) groups is 1. The summed E-state index contributed by atoms with van der Waals surface area (Å²) in [6.07, 6.45) is 5.76. The van der Waals surface area contributed by atoms with E-state index < -0.39 is 11.7 Å². The third-order valence-corrected chi connectivity index (χ3v) is 2.92. The van der Waals surface area contributed by atoms with Gasteiger partial charge in [-0.3, -0.25) is 0 Å². The molecule has 1 aromatic carbocycles. The second kappa shape index (κ2) is 9.87. The number of hydrazone groups is 1. The lowest BCUT2D eigenvalue weighted by Crippen LogP contribution is -2.29. The van der Waals surface area contributed by atoms with Gasteiger partial charge in [-0.2, -0.15) is 5.10 Å². The monoisotopic (exact) mass is 320 g/mol. The Morgan fingerprint density at radius 2 is 1.87 bits per heavy atom. The van der Waals surface area contributed by atoms with Gasteiger partial charge in [0.25, 0.3) is 0 Å². The number of rotatable bonds is 8. The summed E-state index contributed by atoms with van der Waals surface area (Å²) < 4.78 is 10.8. The van der Waals surface area contributed by atoms with Crippen molar-refractivity contribution in [3.63, 3.8) is 0 Å². The first-order valence-electron chi connectivity index (χ1n) is 8.15. The van der Waals surface area contributed by atoms with Crippen molar-refractivity contribution >= 4 is 12.3 Å². The molecule has 0 aliphatic carbocycles. The Balaban J connectivity index is 2.33. The highest BCUT2D eigenvalue weighted by molar-refractivity contribution is 5.81. The summed E-state index contributed by atoms with van der Waals surface area (Å²) in [7, 11) is 0. The van der Waals surface area contributed by atoms with Crippen molar-refractivity contribution in [2.75, 3.05) is 6.61 Å². The van der Waals surface area contributed by atoms with Crippen molar-refractivity contribution < 1.29 is 14.3 Å². The predicted molar refractivity (Wildman–Crippen MR) is 93.0 cm³/mol. The molecule has 0 aliphatic heterocycles. The average Bonchev–Trinajstić information content (AvgIpc) is 2.47. The molecule has 0 saturated carbocycles. The van der Waals surface area contributed by atoms with E-state index in [4.69, 9.17) is 9.47 Å². The normalized spacial score (nSPS) is 11.5. The molecule has 0 aliphatic rings. The van der Waals surface area contributed by atoms with Crippen molar-refractivity contribution in [1.29, 1.82) is 0 Å². The highest BCUT2D eigenvalue weighted by Gasteiger charge is 2.15. The van der Waals surface area contributed by atoms with Gasteiger partial charge in [0.1, 0.15) is 11.4 Å². The molecule has 1 rings (SSSR count). The van der Waals surface area contributed by atoms with Crippen molar-refractivity contribution in [2.45, 2.75) is 59.0 Å². The fourth-order valence-electron chi connectivity index (χ4n) is 1.83. The van der Waals surface area contributed by atoms with Crippen LogP contribution in [-0.2, 0) is 4.74 Å². The van der Waals surface area contributed by atoms with Gasteiger partial charge in [-0.1, -0.05) is 26.2 Å². The number of benzene rings is 1. The van der Waals surface area contributed by atoms with Crippen molar-refractivity contribution in [2.24, 2.45) is 5.10 Å². The van der Waals surface area contributed by atoms with Gasteiger partial charge in [0.2, 0.25) is 0 Å². The van der Waals surface area contributed by atoms with E-state index >= 15 is 0 Å². The molecular formula is C18H28N2O3. The maximum atomic E-state index is 11.4.